The molecular formula is C18H20N4O4. The van der Waals surface area contributed by atoms with Crippen molar-refractivity contribution < 1.29 is 9.85 Å². The molecule has 1 saturated heterocycles. The van der Waals surface area contributed by atoms with Gasteiger partial charge in [0.15, 0.2) is 0 Å². The van der Waals surface area contributed by atoms with E-state index in [1.54, 1.807) is 0 Å². The molecule has 0 radical (unpaired) electrons. The fourth-order valence-electron chi connectivity index (χ4n) is 3.25. The number of anilines is 1. The molecule has 0 atom stereocenters. The highest BCUT2D eigenvalue weighted by Gasteiger charge is 2.26. The molecule has 0 unspecified atom stereocenters. The van der Waals surface area contributed by atoms with Gasteiger partial charge in [-0.2, -0.15) is 0 Å². The summed E-state index contributed by atoms with van der Waals surface area (Å²) in [5.41, 5.74) is 2.43. The Morgan fingerprint density at radius 1 is 0.962 bits per heavy atom. The van der Waals surface area contributed by atoms with Crippen molar-refractivity contribution in [3.63, 3.8) is 0 Å². The summed E-state index contributed by atoms with van der Waals surface area (Å²) in [7, 11) is 0. The van der Waals surface area contributed by atoms with Crippen LogP contribution in [0.15, 0.2) is 42.5 Å². The average Bonchev–Trinajstić information content (AvgIpc) is 2.62. The second-order valence-corrected chi connectivity index (χ2v) is 6.44. The summed E-state index contributed by atoms with van der Waals surface area (Å²) in [6.45, 7) is 5.76. The van der Waals surface area contributed by atoms with E-state index in [4.69, 9.17) is 0 Å². The van der Waals surface area contributed by atoms with Gasteiger partial charge in [-0.3, -0.25) is 25.1 Å². The third-order valence-corrected chi connectivity index (χ3v) is 4.57. The number of aryl methyl sites for hydroxylation is 1. The van der Waals surface area contributed by atoms with Crippen molar-refractivity contribution in [2.24, 2.45) is 0 Å². The molecule has 8 heteroatoms. The lowest BCUT2D eigenvalue weighted by Gasteiger charge is -2.35. The third kappa shape index (κ3) is 3.97. The van der Waals surface area contributed by atoms with E-state index in [2.05, 4.69) is 30.0 Å². The third-order valence-electron chi connectivity index (χ3n) is 4.57. The van der Waals surface area contributed by atoms with Gasteiger partial charge in [0.25, 0.3) is 11.4 Å². The summed E-state index contributed by atoms with van der Waals surface area (Å²) in [6, 6.07) is 12.2. The van der Waals surface area contributed by atoms with E-state index in [1.807, 2.05) is 11.0 Å². The van der Waals surface area contributed by atoms with Crippen LogP contribution >= 0.6 is 0 Å². The van der Waals surface area contributed by atoms with E-state index in [9.17, 15) is 20.2 Å². The molecular weight excluding hydrogens is 336 g/mol. The molecule has 0 N–H and O–H groups in total. The highest BCUT2D eigenvalue weighted by molar-refractivity contribution is 5.67. The second-order valence-electron chi connectivity index (χ2n) is 6.44. The average molecular weight is 356 g/mol. The minimum Gasteiger partial charge on any atom is -0.363 e. The first-order valence-corrected chi connectivity index (χ1v) is 8.40. The first kappa shape index (κ1) is 17.8. The lowest BCUT2D eigenvalue weighted by Crippen LogP contribution is -2.46. The van der Waals surface area contributed by atoms with Gasteiger partial charge in [0, 0.05) is 38.8 Å². The lowest BCUT2D eigenvalue weighted by molar-refractivity contribution is -0.393. The van der Waals surface area contributed by atoms with Crippen LogP contribution in [0.5, 0.6) is 0 Å². The topological polar surface area (TPSA) is 92.8 Å². The van der Waals surface area contributed by atoms with Crippen LogP contribution in [0.3, 0.4) is 0 Å². The molecule has 0 spiro atoms. The molecule has 2 aromatic rings. The van der Waals surface area contributed by atoms with Gasteiger partial charge in [0.2, 0.25) is 0 Å². The quantitative estimate of drug-likeness (QED) is 0.603. The number of nitro groups is 2. The highest BCUT2D eigenvalue weighted by Crippen LogP contribution is 2.32. The molecule has 136 valence electrons. The Kier molecular flexibility index (Phi) is 5.13. The predicted octanol–water partition coefficient (Wildman–Crippen LogP) is 3.13. The molecule has 8 nitrogen and oxygen atoms in total. The van der Waals surface area contributed by atoms with Crippen molar-refractivity contribution in [2.75, 3.05) is 31.1 Å². The normalized spacial score (nSPS) is 15.0. The smallest absolute Gasteiger partial charge is 0.299 e. The monoisotopic (exact) mass is 356 g/mol. The molecule has 1 aliphatic rings. The van der Waals surface area contributed by atoms with Crippen LogP contribution in [0.25, 0.3) is 0 Å². The van der Waals surface area contributed by atoms with Crippen LogP contribution in [0.2, 0.25) is 0 Å². The standard InChI is InChI=1S/C18H20N4O4/c1-14-3-2-4-15(11-14)13-19-7-9-20(10-8-19)17-6-5-16(21(23)24)12-18(17)22(25)26/h2-6,11-12H,7-10,13H2,1H3. The van der Waals surface area contributed by atoms with E-state index >= 15 is 0 Å². The van der Waals surface area contributed by atoms with Crippen LogP contribution in [0.1, 0.15) is 11.1 Å². The molecule has 1 aliphatic heterocycles. The summed E-state index contributed by atoms with van der Waals surface area (Å²) in [6.07, 6.45) is 0. The summed E-state index contributed by atoms with van der Waals surface area (Å²) >= 11 is 0. The molecule has 0 bridgehead atoms. The molecule has 1 heterocycles. The Bertz CT molecular complexity index is 832. The van der Waals surface area contributed by atoms with Crippen LogP contribution < -0.4 is 4.90 Å². The maximum atomic E-state index is 11.3. The predicted molar refractivity (Wildman–Crippen MR) is 98.4 cm³/mol. The number of hydrogen-bond acceptors (Lipinski definition) is 6. The fourth-order valence-corrected chi connectivity index (χ4v) is 3.25. The fraction of sp³-hybridized carbons (Fsp3) is 0.333. The molecule has 0 aromatic heterocycles. The molecule has 0 amide bonds. The zero-order valence-electron chi connectivity index (χ0n) is 14.5. The Morgan fingerprint density at radius 2 is 1.69 bits per heavy atom. The zero-order chi connectivity index (χ0) is 18.7. The van der Waals surface area contributed by atoms with Crippen LogP contribution in [0.4, 0.5) is 17.1 Å². The molecule has 3 rings (SSSR count). The minimum absolute atomic E-state index is 0.216. The van der Waals surface area contributed by atoms with Crippen LogP contribution in [0, 0.1) is 27.2 Å². The first-order valence-electron chi connectivity index (χ1n) is 8.40. The molecule has 0 saturated carbocycles. The zero-order valence-corrected chi connectivity index (χ0v) is 14.5. The van der Waals surface area contributed by atoms with Crippen molar-refractivity contribution in [3.8, 4) is 0 Å². The Morgan fingerprint density at radius 3 is 2.31 bits per heavy atom. The number of hydrogen-bond donors (Lipinski definition) is 0. The van der Waals surface area contributed by atoms with Gasteiger partial charge in [0.1, 0.15) is 5.69 Å². The highest BCUT2D eigenvalue weighted by atomic mass is 16.6. The number of rotatable bonds is 5. The molecule has 26 heavy (non-hydrogen) atoms. The van der Waals surface area contributed by atoms with Gasteiger partial charge < -0.3 is 4.90 Å². The van der Waals surface area contributed by atoms with Gasteiger partial charge in [-0.05, 0) is 18.6 Å². The Balaban J connectivity index is 1.69. The van der Waals surface area contributed by atoms with Crippen molar-refractivity contribution in [1.29, 1.82) is 0 Å². The summed E-state index contributed by atoms with van der Waals surface area (Å²) in [5, 5.41) is 22.2. The number of piperazine rings is 1. The largest absolute Gasteiger partial charge is 0.363 e. The first-order chi connectivity index (χ1) is 12.4. The number of nitrogens with zero attached hydrogens (tertiary/aromatic N) is 4. The van der Waals surface area contributed by atoms with E-state index in [0.717, 1.165) is 25.7 Å². The van der Waals surface area contributed by atoms with Gasteiger partial charge in [-0.25, -0.2) is 0 Å². The van der Waals surface area contributed by atoms with Crippen molar-refractivity contribution in [2.45, 2.75) is 13.5 Å². The number of benzene rings is 2. The number of non-ortho nitro benzene ring substituents is 1. The second kappa shape index (κ2) is 7.49. The SMILES string of the molecule is Cc1cccc(CN2CCN(c3ccc([N+](=O)[O-])cc3[N+](=O)[O-])CC2)c1. The Labute approximate surface area is 150 Å². The summed E-state index contributed by atoms with van der Waals surface area (Å²) < 4.78 is 0. The van der Waals surface area contributed by atoms with Crippen LogP contribution in [-0.2, 0) is 6.54 Å². The van der Waals surface area contributed by atoms with Crippen molar-refractivity contribution in [1.82, 2.24) is 4.90 Å². The van der Waals surface area contributed by atoms with E-state index in [-0.39, 0.29) is 11.4 Å². The lowest BCUT2D eigenvalue weighted by atomic mass is 10.1. The Hall–Kier alpha value is -3.00. The molecule has 0 aliphatic carbocycles. The maximum Gasteiger partial charge on any atom is 0.299 e. The summed E-state index contributed by atoms with van der Waals surface area (Å²) in [4.78, 5) is 25.3. The van der Waals surface area contributed by atoms with E-state index < -0.39 is 9.85 Å². The van der Waals surface area contributed by atoms with E-state index in [1.165, 1.54) is 23.3 Å². The van der Waals surface area contributed by atoms with Crippen molar-refractivity contribution >= 4 is 17.1 Å². The van der Waals surface area contributed by atoms with Gasteiger partial charge in [0.05, 0.1) is 15.9 Å². The van der Waals surface area contributed by atoms with Gasteiger partial charge in [-0.1, -0.05) is 29.8 Å². The maximum absolute atomic E-state index is 11.3. The van der Waals surface area contributed by atoms with Gasteiger partial charge >= 0.3 is 0 Å². The van der Waals surface area contributed by atoms with Gasteiger partial charge in [-0.15, -0.1) is 0 Å². The molecule has 2 aromatic carbocycles. The minimum atomic E-state index is -0.615. The molecule has 1 fully saturated rings. The number of nitro benzene ring substituents is 2. The van der Waals surface area contributed by atoms with Crippen LogP contribution in [-0.4, -0.2) is 40.9 Å². The van der Waals surface area contributed by atoms with Crippen molar-refractivity contribution in [3.05, 3.63) is 73.8 Å². The summed E-state index contributed by atoms with van der Waals surface area (Å²) in [5.74, 6) is 0. The van der Waals surface area contributed by atoms with E-state index in [0.29, 0.717) is 18.8 Å².